The van der Waals surface area contributed by atoms with Crippen molar-refractivity contribution in [3.8, 4) is 0 Å². The maximum Gasteiger partial charge on any atom is 0.0683 e. The third-order valence-electron chi connectivity index (χ3n) is 3.14. The summed E-state index contributed by atoms with van der Waals surface area (Å²) in [6, 6.07) is 8.31. The van der Waals surface area contributed by atoms with Crippen LogP contribution in [0.4, 0.5) is 0 Å². The summed E-state index contributed by atoms with van der Waals surface area (Å²) >= 11 is 5.65. The van der Waals surface area contributed by atoms with Gasteiger partial charge in [0, 0.05) is 5.88 Å². The lowest BCUT2D eigenvalue weighted by Gasteiger charge is -2.29. The second kappa shape index (κ2) is 5.70. The fraction of sp³-hybridized carbons (Fsp3) is 0.467. The van der Waals surface area contributed by atoms with Crippen LogP contribution in [0, 0.1) is 12.3 Å². The van der Waals surface area contributed by atoms with Crippen LogP contribution in [0.2, 0.25) is 0 Å². The van der Waals surface area contributed by atoms with Crippen LogP contribution >= 0.6 is 11.6 Å². The van der Waals surface area contributed by atoms with Crippen molar-refractivity contribution in [2.75, 3.05) is 5.88 Å². The first-order chi connectivity index (χ1) is 7.86. The molecule has 0 spiro atoms. The molecule has 0 unspecified atom stereocenters. The Bertz CT molecular complexity index is 378. The minimum atomic E-state index is -0.478. The van der Waals surface area contributed by atoms with Crippen molar-refractivity contribution >= 4 is 17.2 Å². The molecule has 94 valence electrons. The molecule has 0 fully saturated rings. The normalized spacial score (nSPS) is 13.5. The fourth-order valence-electron chi connectivity index (χ4n) is 1.91. The Morgan fingerprint density at radius 2 is 1.88 bits per heavy atom. The molecule has 17 heavy (non-hydrogen) atoms. The molecule has 0 amide bonds. The second-order valence-electron chi connectivity index (χ2n) is 5.24. The number of aryl methyl sites for hydroxylation is 1. The van der Waals surface area contributed by atoms with Crippen molar-refractivity contribution in [1.82, 2.24) is 0 Å². The standard InChI is InChI=1S/C15H21ClO/c1-11-5-7-13(8-6-11)12(2)15(3,4)9-14(17)10-16/h5-8,14,17H,2,9-10H2,1,3-4H3/t14-/m1/s1. The summed E-state index contributed by atoms with van der Waals surface area (Å²) in [5, 5.41) is 9.66. The number of allylic oxidation sites excluding steroid dienone is 1. The number of hydrogen-bond acceptors (Lipinski definition) is 1. The van der Waals surface area contributed by atoms with E-state index in [1.807, 2.05) is 0 Å². The first kappa shape index (κ1) is 14.3. The molecular formula is C15H21ClO. The highest BCUT2D eigenvalue weighted by atomic mass is 35.5. The predicted molar refractivity (Wildman–Crippen MR) is 75.3 cm³/mol. The maximum absolute atomic E-state index is 9.66. The molecule has 0 aromatic heterocycles. The van der Waals surface area contributed by atoms with Gasteiger partial charge in [0.05, 0.1) is 6.10 Å². The highest BCUT2D eigenvalue weighted by molar-refractivity contribution is 6.18. The third-order valence-corrected chi connectivity index (χ3v) is 3.50. The van der Waals surface area contributed by atoms with E-state index in [0.717, 1.165) is 11.1 Å². The van der Waals surface area contributed by atoms with E-state index in [2.05, 4.69) is 51.6 Å². The smallest absolute Gasteiger partial charge is 0.0683 e. The Hall–Kier alpha value is -0.790. The molecule has 0 saturated carbocycles. The zero-order valence-corrected chi connectivity index (χ0v) is 11.6. The topological polar surface area (TPSA) is 20.2 Å². The van der Waals surface area contributed by atoms with Gasteiger partial charge in [-0.25, -0.2) is 0 Å². The second-order valence-corrected chi connectivity index (χ2v) is 5.55. The molecule has 1 nitrogen and oxygen atoms in total. The molecule has 1 rings (SSSR count). The molecule has 1 aromatic rings. The summed E-state index contributed by atoms with van der Waals surface area (Å²) in [4.78, 5) is 0. The first-order valence-electron chi connectivity index (χ1n) is 5.87. The highest BCUT2D eigenvalue weighted by Gasteiger charge is 2.25. The van der Waals surface area contributed by atoms with Crippen molar-refractivity contribution < 1.29 is 5.11 Å². The van der Waals surface area contributed by atoms with Crippen LogP contribution in [-0.2, 0) is 0 Å². The lowest BCUT2D eigenvalue weighted by atomic mass is 9.77. The van der Waals surface area contributed by atoms with Crippen LogP contribution in [-0.4, -0.2) is 17.1 Å². The lowest BCUT2D eigenvalue weighted by molar-refractivity contribution is 0.154. The minimum absolute atomic E-state index is 0.149. The van der Waals surface area contributed by atoms with Crippen LogP contribution < -0.4 is 0 Å². The van der Waals surface area contributed by atoms with Crippen LogP contribution in [0.15, 0.2) is 30.8 Å². The summed E-state index contributed by atoms with van der Waals surface area (Å²) in [6.45, 7) is 10.4. The van der Waals surface area contributed by atoms with Gasteiger partial charge in [-0.1, -0.05) is 50.3 Å². The van der Waals surface area contributed by atoms with Gasteiger partial charge in [0.2, 0.25) is 0 Å². The SMILES string of the molecule is C=C(c1ccc(C)cc1)C(C)(C)C[C@@H](O)CCl. The molecule has 0 saturated heterocycles. The molecular weight excluding hydrogens is 232 g/mol. The predicted octanol–water partition coefficient (Wildman–Crippen LogP) is 4.02. The van der Waals surface area contributed by atoms with E-state index in [-0.39, 0.29) is 11.3 Å². The van der Waals surface area contributed by atoms with Crippen molar-refractivity contribution in [2.24, 2.45) is 5.41 Å². The van der Waals surface area contributed by atoms with E-state index < -0.39 is 6.10 Å². The quantitative estimate of drug-likeness (QED) is 0.785. The van der Waals surface area contributed by atoms with E-state index >= 15 is 0 Å². The molecule has 1 aromatic carbocycles. The van der Waals surface area contributed by atoms with Crippen molar-refractivity contribution in [3.05, 3.63) is 42.0 Å². The van der Waals surface area contributed by atoms with Gasteiger partial charge in [0.25, 0.3) is 0 Å². The Morgan fingerprint density at radius 3 is 2.35 bits per heavy atom. The average Bonchev–Trinajstić information content (AvgIpc) is 2.28. The zero-order valence-electron chi connectivity index (χ0n) is 10.8. The number of alkyl halides is 1. The van der Waals surface area contributed by atoms with Crippen molar-refractivity contribution in [1.29, 1.82) is 0 Å². The molecule has 0 bridgehead atoms. The van der Waals surface area contributed by atoms with Gasteiger partial charge in [0.15, 0.2) is 0 Å². The maximum atomic E-state index is 9.66. The van der Waals surface area contributed by atoms with Gasteiger partial charge in [-0.3, -0.25) is 0 Å². The van der Waals surface area contributed by atoms with E-state index in [1.165, 1.54) is 5.56 Å². The van der Waals surface area contributed by atoms with Gasteiger partial charge in [0.1, 0.15) is 0 Å². The Kier molecular flexibility index (Phi) is 4.79. The summed E-state index contributed by atoms with van der Waals surface area (Å²) in [6.07, 6.45) is 0.150. The van der Waals surface area contributed by atoms with Crippen molar-refractivity contribution in [3.63, 3.8) is 0 Å². The molecule has 0 heterocycles. The van der Waals surface area contributed by atoms with E-state index in [0.29, 0.717) is 6.42 Å². The van der Waals surface area contributed by atoms with Crippen LogP contribution in [0.25, 0.3) is 5.57 Å². The van der Waals surface area contributed by atoms with E-state index in [1.54, 1.807) is 0 Å². The Balaban J connectivity index is 2.84. The summed E-state index contributed by atoms with van der Waals surface area (Å²) in [7, 11) is 0. The average molecular weight is 253 g/mol. The molecule has 1 N–H and O–H groups in total. The van der Waals surface area contributed by atoms with Gasteiger partial charge in [-0.2, -0.15) is 0 Å². The van der Waals surface area contributed by atoms with E-state index in [9.17, 15) is 5.11 Å². The first-order valence-corrected chi connectivity index (χ1v) is 6.40. The van der Waals surface area contributed by atoms with Gasteiger partial charge >= 0.3 is 0 Å². The number of halogens is 1. The molecule has 0 aliphatic heterocycles. The fourth-order valence-corrected chi connectivity index (χ4v) is 2.02. The van der Waals surface area contributed by atoms with Crippen LogP contribution in [0.3, 0.4) is 0 Å². The number of hydrogen-bond donors (Lipinski definition) is 1. The highest BCUT2D eigenvalue weighted by Crippen LogP contribution is 2.37. The van der Waals surface area contributed by atoms with E-state index in [4.69, 9.17) is 11.6 Å². The van der Waals surface area contributed by atoms with Gasteiger partial charge in [-0.15, -0.1) is 11.6 Å². The summed E-state index contributed by atoms with van der Waals surface area (Å²) < 4.78 is 0. The number of benzene rings is 1. The number of aliphatic hydroxyl groups is 1. The van der Waals surface area contributed by atoms with Gasteiger partial charge < -0.3 is 5.11 Å². The molecule has 1 atom stereocenters. The summed E-state index contributed by atoms with van der Waals surface area (Å²) in [5.74, 6) is 0.268. The molecule has 0 aliphatic carbocycles. The lowest BCUT2D eigenvalue weighted by Crippen LogP contribution is -2.22. The Morgan fingerprint density at radius 1 is 1.35 bits per heavy atom. The van der Waals surface area contributed by atoms with Crippen LogP contribution in [0.5, 0.6) is 0 Å². The van der Waals surface area contributed by atoms with Crippen molar-refractivity contribution in [2.45, 2.75) is 33.3 Å². The minimum Gasteiger partial charge on any atom is -0.392 e. The van der Waals surface area contributed by atoms with Crippen LogP contribution in [0.1, 0.15) is 31.4 Å². The van der Waals surface area contributed by atoms with Gasteiger partial charge in [-0.05, 0) is 29.9 Å². The number of aliphatic hydroxyl groups excluding tert-OH is 1. The Labute approximate surface area is 109 Å². The zero-order chi connectivity index (χ0) is 13.1. The third kappa shape index (κ3) is 3.86. The molecule has 0 aliphatic rings. The summed E-state index contributed by atoms with van der Waals surface area (Å²) in [5.41, 5.74) is 3.26. The molecule has 2 heteroatoms. The monoisotopic (exact) mass is 252 g/mol. The number of rotatable bonds is 5. The molecule has 0 radical (unpaired) electrons. The largest absolute Gasteiger partial charge is 0.392 e.